The van der Waals surface area contributed by atoms with Crippen molar-refractivity contribution < 1.29 is 9.18 Å². The van der Waals surface area contributed by atoms with Gasteiger partial charge >= 0.3 is 0 Å². The normalized spacial score (nSPS) is 15.0. The summed E-state index contributed by atoms with van der Waals surface area (Å²) in [6.07, 6.45) is 9.21. The Bertz CT molecular complexity index is 647. The molecule has 122 valence electrons. The molecule has 0 radical (unpaired) electrons. The van der Waals surface area contributed by atoms with E-state index < -0.39 is 0 Å². The molecule has 1 N–H and O–H groups in total. The van der Waals surface area contributed by atoms with Gasteiger partial charge in [-0.25, -0.2) is 9.37 Å². The Balaban J connectivity index is 1.48. The highest BCUT2D eigenvalue weighted by molar-refractivity contribution is 7.15. The van der Waals surface area contributed by atoms with Gasteiger partial charge in [-0.3, -0.25) is 4.79 Å². The third kappa shape index (κ3) is 4.86. The molecule has 0 atom stereocenters. The minimum Gasteiger partial charge on any atom is -0.302 e. The van der Waals surface area contributed by atoms with Crippen LogP contribution < -0.4 is 5.32 Å². The first kappa shape index (κ1) is 16.1. The number of hydrogen-bond acceptors (Lipinski definition) is 3. The van der Waals surface area contributed by atoms with Gasteiger partial charge in [0.15, 0.2) is 5.13 Å². The highest BCUT2D eigenvalue weighted by Crippen LogP contribution is 2.29. The number of thiazole rings is 1. The summed E-state index contributed by atoms with van der Waals surface area (Å²) in [5.41, 5.74) is 1.04. The van der Waals surface area contributed by atoms with Crippen LogP contribution in [-0.2, 0) is 11.2 Å². The van der Waals surface area contributed by atoms with Gasteiger partial charge in [0.25, 0.3) is 0 Å². The largest absolute Gasteiger partial charge is 0.302 e. The summed E-state index contributed by atoms with van der Waals surface area (Å²) in [5.74, 6) is 0.555. The van der Waals surface area contributed by atoms with Gasteiger partial charge in [0.05, 0.1) is 0 Å². The molecule has 2 aromatic rings. The maximum absolute atomic E-state index is 12.9. The van der Waals surface area contributed by atoms with Crippen LogP contribution >= 0.6 is 11.3 Å². The molecule has 1 fully saturated rings. The smallest absolute Gasteiger partial charge is 0.226 e. The standard InChI is InChI=1S/C18H21FN2OS/c19-15-8-5-14(6-9-15)11-16-12-20-18(23-16)21-17(22)10-7-13-3-1-2-4-13/h5-6,8-9,12-13H,1-4,7,10-11H2,(H,20,21,22). The van der Waals surface area contributed by atoms with E-state index >= 15 is 0 Å². The van der Waals surface area contributed by atoms with Crippen LogP contribution in [0.4, 0.5) is 9.52 Å². The molecule has 1 aromatic heterocycles. The second-order valence-electron chi connectivity index (χ2n) is 6.17. The number of amides is 1. The number of aromatic nitrogens is 1. The summed E-state index contributed by atoms with van der Waals surface area (Å²) in [7, 11) is 0. The van der Waals surface area contributed by atoms with E-state index in [2.05, 4.69) is 10.3 Å². The number of carbonyl (C=O) groups excluding carboxylic acids is 1. The third-order valence-electron chi connectivity index (χ3n) is 4.35. The third-order valence-corrected chi connectivity index (χ3v) is 5.26. The molecule has 0 aliphatic heterocycles. The molecule has 1 aliphatic carbocycles. The quantitative estimate of drug-likeness (QED) is 0.827. The van der Waals surface area contributed by atoms with Gasteiger partial charge in [0, 0.05) is 23.9 Å². The fraction of sp³-hybridized carbons (Fsp3) is 0.444. The van der Waals surface area contributed by atoms with Crippen molar-refractivity contribution in [2.45, 2.75) is 44.9 Å². The van der Waals surface area contributed by atoms with E-state index in [1.54, 1.807) is 18.3 Å². The van der Waals surface area contributed by atoms with Gasteiger partial charge in [-0.1, -0.05) is 37.8 Å². The molecule has 1 aromatic carbocycles. The van der Waals surface area contributed by atoms with E-state index in [9.17, 15) is 9.18 Å². The maximum Gasteiger partial charge on any atom is 0.226 e. The Labute approximate surface area is 140 Å². The number of nitrogens with one attached hydrogen (secondary N) is 1. The zero-order chi connectivity index (χ0) is 16.1. The fourth-order valence-corrected chi connectivity index (χ4v) is 3.93. The van der Waals surface area contributed by atoms with Crippen LogP contribution in [0.25, 0.3) is 0 Å². The summed E-state index contributed by atoms with van der Waals surface area (Å²) >= 11 is 1.48. The van der Waals surface area contributed by atoms with Crippen LogP contribution in [0, 0.1) is 11.7 Å². The number of benzene rings is 1. The topological polar surface area (TPSA) is 42.0 Å². The second kappa shape index (κ2) is 7.68. The summed E-state index contributed by atoms with van der Waals surface area (Å²) < 4.78 is 12.9. The molecule has 0 bridgehead atoms. The Kier molecular flexibility index (Phi) is 5.39. The van der Waals surface area contributed by atoms with E-state index in [1.807, 2.05) is 0 Å². The van der Waals surface area contributed by atoms with Gasteiger partial charge in [0.2, 0.25) is 5.91 Å². The van der Waals surface area contributed by atoms with Crippen molar-refractivity contribution in [2.75, 3.05) is 5.32 Å². The van der Waals surface area contributed by atoms with Crippen molar-refractivity contribution in [1.82, 2.24) is 4.98 Å². The first-order valence-corrected chi connectivity index (χ1v) is 9.00. The lowest BCUT2D eigenvalue weighted by Crippen LogP contribution is -2.12. The first-order chi connectivity index (χ1) is 11.2. The van der Waals surface area contributed by atoms with E-state index in [0.717, 1.165) is 22.8 Å². The Morgan fingerprint density at radius 3 is 2.74 bits per heavy atom. The number of carbonyl (C=O) groups is 1. The lowest BCUT2D eigenvalue weighted by Gasteiger charge is -2.07. The minimum absolute atomic E-state index is 0.0552. The Morgan fingerprint density at radius 1 is 1.26 bits per heavy atom. The van der Waals surface area contributed by atoms with Gasteiger partial charge in [0.1, 0.15) is 5.82 Å². The molecule has 0 saturated heterocycles. The van der Waals surface area contributed by atoms with E-state index in [-0.39, 0.29) is 11.7 Å². The first-order valence-electron chi connectivity index (χ1n) is 8.18. The summed E-state index contributed by atoms with van der Waals surface area (Å²) in [5, 5.41) is 3.54. The van der Waals surface area contributed by atoms with E-state index in [1.165, 1.54) is 49.2 Å². The lowest BCUT2D eigenvalue weighted by atomic mass is 10.0. The summed E-state index contributed by atoms with van der Waals surface area (Å²) in [4.78, 5) is 17.3. The van der Waals surface area contributed by atoms with Crippen molar-refractivity contribution in [1.29, 1.82) is 0 Å². The SMILES string of the molecule is O=C(CCC1CCCC1)Nc1ncc(Cc2ccc(F)cc2)s1. The molecule has 23 heavy (non-hydrogen) atoms. The van der Waals surface area contributed by atoms with Crippen LogP contribution in [0.2, 0.25) is 0 Å². The highest BCUT2D eigenvalue weighted by Gasteiger charge is 2.16. The number of hydrogen-bond donors (Lipinski definition) is 1. The molecule has 0 unspecified atom stereocenters. The van der Waals surface area contributed by atoms with Crippen molar-refractivity contribution in [3.63, 3.8) is 0 Å². The molecule has 1 heterocycles. The molecule has 3 nitrogen and oxygen atoms in total. The average molecular weight is 332 g/mol. The molecular formula is C18H21FN2OS. The van der Waals surface area contributed by atoms with Crippen molar-refractivity contribution >= 4 is 22.4 Å². The predicted octanol–water partition coefficient (Wildman–Crippen LogP) is 4.78. The van der Waals surface area contributed by atoms with Crippen LogP contribution in [-0.4, -0.2) is 10.9 Å². The fourth-order valence-electron chi connectivity index (χ4n) is 3.07. The van der Waals surface area contributed by atoms with E-state index in [0.29, 0.717) is 18.0 Å². The molecule has 1 aliphatic rings. The molecule has 1 amide bonds. The zero-order valence-electron chi connectivity index (χ0n) is 13.1. The minimum atomic E-state index is -0.228. The molecule has 5 heteroatoms. The van der Waals surface area contributed by atoms with Crippen LogP contribution in [0.1, 0.15) is 49.0 Å². The Hall–Kier alpha value is -1.75. The maximum atomic E-state index is 12.9. The van der Waals surface area contributed by atoms with Gasteiger partial charge in [-0.15, -0.1) is 11.3 Å². The number of nitrogens with zero attached hydrogens (tertiary/aromatic N) is 1. The number of rotatable bonds is 6. The predicted molar refractivity (Wildman–Crippen MR) is 91.1 cm³/mol. The molecule has 0 spiro atoms. The van der Waals surface area contributed by atoms with Gasteiger partial charge in [-0.2, -0.15) is 0 Å². The van der Waals surface area contributed by atoms with Crippen molar-refractivity contribution in [2.24, 2.45) is 5.92 Å². The molecule has 1 saturated carbocycles. The zero-order valence-corrected chi connectivity index (χ0v) is 13.9. The number of halogens is 1. The highest BCUT2D eigenvalue weighted by atomic mass is 32.1. The van der Waals surface area contributed by atoms with Crippen LogP contribution in [0.15, 0.2) is 30.5 Å². The van der Waals surface area contributed by atoms with Crippen molar-refractivity contribution in [3.05, 3.63) is 46.7 Å². The summed E-state index contributed by atoms with van der Waals surface area (Å²) in [6.45, 7) is 0. The van der Waals surface area contributed by atoms with Crippen molar-refractivity contribution in [3.8, 4) is 0 Å². The lowest BCUT2D eigenvalue weighted by molar-refractivity contribution is -0.116. The number of anilines is 1. The van der Waals surface area contributed by atoms with Gasteiger partial charge < -0.3 is 5.32 Å². The van der Waals surface area contributed by atoms with Crippen LogP contribution in [0.5, 0.6) is 0 Å². The second-order valence-corrected chi connectivity index (χ2v) is 7.29. The average Bonchev–Trinajstić information content (AvgIpc) is 3.20. The summed E-state index contributed by atoms with van der Waals surface area (Å²) in [6, 6.07) is 6.47. The van der Waals surface area contributed by atoms with E-state index in [4.69, 9.17) is 0 Å². The van der Waals surface area contributed by atoms with Gasteiger partial charge in [-0.05, 0) is 30.0 Å². The van der Waals surface area contributed by atoms with Crippen LogP contribution in [0.3, 0.4) is 0 Å². The monoisotopic (exact) mass is 332 g/mol. The molecule has 3 rings (SSSR count). The molecular weight excluding hydrogens is 311 g/mol. The Morgan fingerprint density at radius 2 is 2.00 bits per heavy atom.